The number of nitrogens with one attached hydrogen (secondary N) is 4. The molecule has 10 rings (SSSR count). The molecule has 8 heterocycles. The second-order valence-electron chi connectivity index (χ2n) is 30.6. The second-order valence-corrected chi connectivity index (χ2v) is 32.8. The first-order chi connectivity index (χ1) is 57.3. The quantitative estimate of drug-likeness (QED) is 0.0281. The van der Waals surface area contributed by atoms with Gasteiger partial charge in [0.2, 0.25) is 23.6 Å². The highest BCUT2D eigenvalue weighted by atomic mass is 32.3. The molecule has 0 aromatic heterocycles. The summed E-state index contributed by atoms with van der Waals surface area (Å²) in [6.07, 6.45) is -43.8. The van der Waals surface area contributed by atoms with Crippen molar-refractivity contribution >= 4 is 44.4 Å². The standard InChI is InChI=1S/C75H116N4O39S2/c1-5-15-52(87)76-60-64(91)68(45(29-80)108-72(60)101-24-23-39(37-19-11-9-12-20-37)38-21-13-10-14-22-38)115-57-26-41(83)47(32-103-57)110-73-61(77-53(88)16-6-2)65(92)69(46(30-81)109-73)116-58-27-42(84)48(33-104-58)111-75-63(79-55(90)18-8-4)67(94)71(51(114-75)36-107-120(98,99)100)118-59-28-43(85)49(34-105-59)112-74-62(78-54(89)17-7-3)66(93)70(50(113-74)35-106-119(95,96)97)117-56-25-40(82)44(86)31-102-56/h9-14,19-22,39-51,56-75,80-86,91-94H,5-8,15-18,23-36H2,1-4H3,(H,76,87)(H,77,88)(H,78,89)(H,79,90)(H,95,96,97)(H,98,99,100)/t40-,41-,42-,43-,44+,45?,46?,47+,48+,49+,50?,51?,56-,57-,58-,59-,60?,61?,62?,63?,64+,65+,66+,67+,68+,69+,70+,71+,72+,73-,74-,75+/m0/s1. The Kier molecular flexibility index (Phi) is 37.2. The molecule has 2 aromatic rings. The average Bonchev–Trinajstić information content (AvgIpc) is 0.785. The first-order valence-electron chi connectivity index (χ1n) is 40.4. The predicted octanol–water partition coefficient (Wildman–Crippen LogP) is -4.18. The molecule has 8 saturated heterocycles. The molecule has 17 N–H and O–H groups in total. The Bertz CT molecular complexity index is 3670. The van der Waals surface area contributed by atoms with Gasteiger partial charge in [-0.3, -0.25) is 28.3 Å². The monoisotopic (exact) mass is 1760 g/mol. The lowest BCUT2D eigenvalue weighted by Crippen LogP contribution is -2.68. The molecule has 682 valence electrons. The van der Waals surface area contributed by atoms with Gasteiger partial charge < -0.3 is 153 Å². The maximum absolute atomic E-state index is 13.5. The van der Waals surface area contributed by atoms with E-state index in [1.807, 2.05) is 67.6 Å². The van der Waals surface area contributed by atoms with Gasteiger partial charge in [0.15, 0.2) is 50.3 Å². The Labute approximate surface area is 693 Å². The molecule has 120 heavy (non-hydrogen) atoms. The zero-order chi connectivity index (χ0) is 86.7. The minimum absolute atomic E-state index is 0.0477. The summed E-state index contributed by atoms with van der Waals surface area (Å²) in [5.41, 5.74) is 2.07. The van der Waals surface area contributed by atoms with Gasteiger partial charge in [-0.25, -0.2) is 8.37 Å². The number of hydrogen-bond acceptors (Lipinski definition) is 37. The number of hydrogen-bond donors (Lipinski definition) is 17. The Morgan fingerprint density at radius 3 is 0.992 bits per heavy atom. The zero-order valence-corrected chi connectivity index (χ0v) is 68.3. The molecule has 32 atom stereocenters. The van der Waals surface area contributed by atoms with Crippen molar-refractivity contribution in [2.45, 2.75) is 314 Å². The summed E-state index contributed by atoms with van der Waals surface area (Å²) in [5, 5.41) is 136. The molecule has 0 spiro atoms. The number of rotatable bonds is 40. The van der Waals surface area contributed by atoms with Gasteiger partial charge in [0.05, 0.1) is 83.9 Å². The Hall–Kier alpha value is -5.02. The zero-order valence-electron chi connectivity index (χ0n) is 66.6. The van der Waals surface area contributed by atoms with E-state index in [4.69, 9.17) is 80.0 Å². The van der Waals surface area contributed by atoms with Crippen LogP contribution in [-0.4, -0.2) is 362 Å². The van der Waals surface area contributed by atoms with Crippen LogP contribution in [0.5, 0.6) is 0 Å². The van der Waals surface area contributed by atoms with Gasteiger partial charge in [0, 0.05) is 57.3 Å². The molecule has 0 aliphatic carbocycles. The number of aliphatic hydroxyl groups excluding tert-OH is 11. The lowest BCUT2D eigenvalue weighted by atomic mass is 9.89. The summed E-state index contributed by atoms with van der Waals surface area (Å²) in [5.74, 6) is -2.41. The number of ether oxygens (including phenoxy) is 16. The summed E-state index contributed by atoms with van der Waals surface area (Å²) < 4.78 is 174. The maximum atomic E-state index is 13.5. The van der Waals surface area contributed by atoms with Crippen molar-refractivity contribution in [2.75, 3.05) is 59.5 Å². The van der Waals surface area contributed by atoms with Crippen molar-refractivity contribution in [1.29, 1.82) is 0 Å². The van der Waals surface area contributed by atoms with Gasteiger partial charge in [0.25, 0.3) is 0 Å². The normalized spacial score (nSPS) is 37.8. The molecule has 8 fully saturated rings. The van der Waals surface area contributed by atoms with Crippen LogP contribution in [0.4, 0.5) is 0 Å². The van der Waals surface area contributed by atoms with Crippen molar-refractivity contribution in [1.82, 2.24) is 21.3 Å². The molecule has 0 radical (unpaired) electrons. The van der Waals surface area contributed by atoms with Crippen LogP contribution >= 0.6 is 0 Å². The van der Waals surface area contributed by atoms with Crippen molar-refractivity contribution in [3.8, 4) is 0 Å². The molecule has 45 heteroatoms. The van der Waals surface area contributed by atoms with Crippen LogP contribution in [0.3, 0.4) is 0 Å². The molecule has 8 unspecified atom stereocenters. The van der Waals surface area contributed by atoms with E-state index in [2.05, 4.69) is 25.5 Å². The highest BCUT2D eigenvalue weighted by Crippen LogP contribution is 2.38. The molecular formula is C75H116N4O39S2. The molecule has 43 nitrogen and oxygen atoms in total. The molecule has 0 saturated carbocycles. The highest BCUT2D eigenvalue weighted by Gasteiger charge is 2.56. The van der Waals surface area contributed by atoms with E-state index >= 15 is 0 Å². The van der Waals surface area contributed by atoms with Crippen LogP contribution in [-0.2, 0) is 124 Å². The van der Waals surface area contributed by atoms with Gasteiger partial charge in [-0.15, -0.1) is 0 Å². The van der Waals surface area contributed by atoms with E-state index in [-0.39, 0.29) is 57.5 Å². The van der Waals surface area contributed by atoms with E-state index in [1.54, 1.807) is 20.8 Å². The summed E-state index contributed by atoms with van der Waals surface area (Å²) in [4.78, 5) is 53.2. The fourth-order valence-corrected chi connectivity index (χ4v) is 16.0. The SMILES string of the molecule is CCCC(=O)NC1[C@H](OCCC(c2ccccc2)c2ccccc2)OC(CO)[C@@H](O[C@H]2C[C@H](O)[C@H](O[C@@H]3OC(CO)[C@@H](O[C@H]4C[C@H](O)[C@H](O[C@@H]5OC(COS(=O)(=O)O)[C@@H](O[C@H]6C[C@H](O)[C@H](O[C@H]7OC(COS(=O)(=O)O)[C@@H](O[C@H]8C[C@H](O)[C@H](O)CO8)[C@H](O)C7NC(=O)CCC)CO6)[C@H](O)C5NC(=O)CCC)CO4)[C@H](O)C3NC(=O)CCC)CO2)[C@@H]1O. The van der Waals surface area contributed by atoms with E-state index in [0.717, 1.165) is 11.1 Å². The Morgan fingerprint density at radius 2 is 0.692 bits per heavy atom. The fraction of sp³-hybridized carbons (Fsp3) is 0.787. The van der Waals surface area contributed by atoms with Crippen molar-refractivity contribution in [3.05, 3.63) is 71.8 Å². The summed E-state index contributed by atoms with van der Waals surface area (Å²) >= 11 is 0. The van der Waals surface area contributed by atoms with Crippen molar-refractivity contribution < 1.29 is 185 Å². The minimum atomic E-state index is -5.30. The number of amides is 4. The van der Waals surface area contributed by atoms with Gasteiger partial charge in [-0.2, -0.15) is 16.8 Å². The van der Waals surface area contributed by atoms with E-state index < -0.39 is 307 Å². The average molecular weight is 1760 g/mol. The van der Waals surface area contributed by atoms with Crippen LogP contribution in [0, 0.1) is 0 Å². The van der Waals surface area contributed by atoms with E-state index in [0.29, 0.717) is 25.7 Å². The predicted molar refractivity (Wildman–Crippen MR) is 402 cm³/mol. The van der Waals surface area contributed by atoms with Crippen LogP contribution < -0.4 is 21.3 Å². The fourth-order valence-electron chi connectivity index (χ4n) is 15.4. The van der Waals surface area contributed by atoms with Crippen LogP contribution in [0.15, 0.2) is 60.7 Å². The number of carbonyl (C=O) groups is 4. The van der Waals surface area contributed by atoms with Crippen LogP contribution in [0.1, 0.15) is 128 Å². The molecule has 2 aromatic carbocycles. The Morgan fingerprint density at radius 1 is 0.400 bits per heavy atom. The Balaban J connectivity index is 0.764. The van der Waals surface area contributed by atoms with Gasteiger partial charge >= 0.3 is 20.8 Å². The summed E-state index contributed by atoms with van der Waals surface area (Å²) in [6, 6.07) is 13.6. The van der Waals surface area contributed by atoms with Gasteiger partial charge in [-0.05, 0) is 43.2 Å². The molecule has 8 aliphatic heterocycles. The third-order valence-electron chi connectivity index (χ3n) is 21.5. The van der Waals surface area contributed by atoms with Gasteiger partial charge in [-0.1, -0.05) is 88.4 Å². The van der Waals surface area contributed by atoms with Crippen molar-refractivity contribution in [3.63, 3.8) is 0 Å². The van der Waals surface area contributed by atoms with E-state index in [9.17, 15) is 101 Å². The summed E-state index contributed by atoms with van der Waals surface area (Å²) in [6.45, 7) is 1.16. The minimum Gasteiger partial charge on any atom is -0.394 e. The number of carbonyl (C=O) groups excluding carboxylic acids is 4. The lowest BCUT2D eigenvalue weighted by Gasteiger charge is -2.48. The maximum Gasteiger partial charge on any atom is 0.397 e. The highest BCUT2D eigenvalue weighted by molar-refractivity contribution is 7.81. The van der Waals surface area contributed by atoms with Crippen LogP contribution in [0.25, 0.3) is 0 Å². The molecule has 4 amide bonds. The molecular weight excluding hydrogens is 1640 g/mol. The van der Waals surface area contributed by atoms with E-state index in [1.165, 1.54) is 0 Å². The van der Waals surface area contributed by atoms with Gasteiger partial charge in [0.1, 0.15) is 122 Å². The third kappa shape index (κ3) is 27.0. The first-order valence-corrected chi connectivity index (χ1v) is 43.2. The topological polar surface area (TPSA) is 614 Å². The van der Waals surface area contributed by atoms with Crippen molar-refractivity contribution in [2.24, 2.45) is 0 Å². The second kappa shape index (κ2) is 45.9. The third-order valence-corrected chi connectivity index (χ3v) is 22.4. The smallest absolute Gasteiger partial charge is 0.394 e. The number of aliphatic hydroxyl groups is 11. The lowest BCUT2D eigenvalue weighted by molar-refractivity contribution is -0.352. The molecule has 0 bridgehead atoms. The largest absolute Gasteiger partial charge is 0.397 e. The first kappa shape index (κ1) is 97.2. The number of benzene rings is 2. The van der Waals surface area contributed by atoms with Crippen LogP contribution in [0.2, 0.25) is 0 Å². The summed E-state index contributed by atoms with van der Waals surface area (Å²) in [7, 11) is -10.5. The molecule has 8 aliphatic rings.